The topological polar surface area (TPSA) is 136 Å². The van der Waals surface area contributed by atoms with Crippen LogP contribution >= 0.6 is 0 Å². The minimum Gasteiger partial charge on any atom is -0.480 e. The van der Waals surface area contributed by atoms with Crippen LogP contribution in [-0.2, 0) is 14.4 Å². The molecule has 0 saturated carbocycles. The number of carboxylic acid groups (broad SMARTS) is 1. The lowest BCUT2D eigenvalue weighted by Gasteiger charge is -2.17. The van der Waals surface area contributed by atoms with Crippen molar-refractivity contribution in [3.05, 3.63) is 35.9 Å². The number of amides is 2. The SMILES string of the molecule is NC(=O)CC(NC(=O)[C@H](N)c1ccccc1)C(=O)O. The molecule has 2 atom stereocenters. The summed E-state index contributed by atoms with van der Waals surface area (Å²) in [6.07, 6.45) is -0.484. The Hall–Kier alpha value is -2.41. The largest absolute Gasteiger partial charge is 0.480 e. The molecular formula is C12H15N3O4. The van der Waals surface area contributed by atoms with E-state index in [1.54, 1.807) is 30.3 Å². The van der Waals surface area contributed by atoms with E-state index in [1.807, 2.05) is 0 Å². The molecule has 0 saturated heterocycles. The number of benzene rings is 1. The molecule has 0 aromatic heterocycles. The van der Waals surface area contributed by atoms with Gasteiger partial charge in [0.25, 0.3) is 0 Å². The minimum atomic E-state index is -1.38. The highest BCUT2D eigenvalue weighted by atomic mass is 16.4. The lowest BCUT2D eigenvalue weighted by molar-refractivity contribution is -0.143. The van der Waals surface area contributed by atoms with Crippen molar-refractivity contribution in [2.24, 2.45) is 11.5 Å². The van der Waals surface area contributed by atoms with Gasteiger partial charge in [0.05, 0.1) is 6.42 Å². The lowest BCUT2D eigenvalue weighted by atomic mass is 10.1. The molecular weight excluding hydrogens is 250 g/mol. The van der Waals surface area contributed by atoms with Crippen molar-refractivity contribution in [1.29, 1.82) is 0 Å². The molecule has 7 heteroatoms. The van der Waals surface area contributed by atoms with Gasteiger partial charge >= 0.3 is 5.97 Å². The molecule has 1 unspecified atom stereocenters. The van der Waals surface area contributed by atoms with E-state index in [2.05, 4.69) is 5.32 Å². The number of carbonyl (C=O) groups excluding carboxylic acids is 2. The van der Waals surface area contributed by atoms with Gasteiger partial charge in [0.15, 0.2) is 0 Å². The van der Waals surface area contributed by atoms with Crippen molar-refractivity contribution in [2.45, 2.75) is 18.5 Å². The third-order valence-electron chi connectivity index (χ3n) is 2.46. The molecule has 0 aliphatic carbocycles. The summed E-state index contributed by atoms with van der Waals surface area (Å²) in [5.74, 6) is -2.84. The fourth-order valence-electron chi connectivity index (χ4n) is 1.47. The van der Waals surface area contributed by atoms with E-state index in [4.69, 9.17) is 16.6 Å². The van der Waals surface area contributed by atoms with Crippen LogP contribution in [-0.4, -0.2) is 28.9 Å². The lowest BCUT2D eigenvalue weighted by Crippen LogP contribution is -2.46. The van der Waals surface area contributed by atoms with Crippen LogP contribution in [0.2, 0.25) is 0 Å². The van der Waals surface area contributed by atoms with Crippen molar-refractivity contribution < 1.29 is 19.5 Å². The molecule has 19 heavy (non-hydrogen) atoms. The maximum atomic E-state index is 11.8. The van der Waals surface area contributed by atoms with Gasteiger partial charge in [0.2, 0.25) is 11.8 Å². The molecule has 0 heterocycles. The van der Waals surface area contributed by atoms with E-state index in [-0.39, 0.29) is 0 Å². The van der Waals surface area contributed by atoms with Crippen molar-refractivity contribution >= 4 is 17.8 Å². The molecule has 2 amide bonds. The average Bonchev–Trinajstić information content (AvgIpc) is 2.37. The molecule has 7 nitrogen and oxygen atoms in total. The van der Waals surface area contributed by atoms with E-state index < -0.39 is 36.3 Å². The quantitative estimate of drug-likeness (QED) is 0.530. The molecule has 0 bridgehead atoms. The summed E-state index contributed by atoms with van der Waals surface area (Å²) in [5.41, 5.74) is 11.2. The maximum Gasteiger partial charge on any atom is 0.326 e. The van der Waals surface area contributed by atoms with E-state index >= 15 is 0 Å². The molecule has 6 N–H and O–H groups in total. The Balaban J connectivity index is 2.72. The van der Waals surface area contributed by atoms with Crippen LogP contribution in [0.5, 0.6) is 0 Å². The number of carbonyl (C=O) groups is 3. The summed E-state index contributed by atoms with van der Waals surface area (Å²) in [4.78, 5) is 33.4. The number of hydrogen-bond donors (Lipinski definition) is 4. The zero-order valence-electron chi connectivity index (χ0n) is 10.1. The molecule has 0 aliphatic heterocycles. The van der Waals surface area contributed by atoms with Gasteiger partial charge < -0.3 is 21.9 Å². The summed E-state index contributed by atoms with van der Waals surface area (Å²) in [7, 11) is 0. The van der Waals surface area contributed by atoms with Crippen LogP contribution in [0.4, 0.5) is 0 Å². The number of rotatable bonds is 6. The van der Waals surface area contributed by atoms with Gasteiger partial charge in [0.1, 0.15) is 12.1 Å². The molecule has 1 aromatic carbocycles. The van der Waals surface area contributed by atoms with Gasteiger partial charge in [-0.3, -0.25) is 9.59 Å². The third-order valence-corrected chi connectivity index (χ3v) is 2.46. The number of primary amides is 1. The first-order valence-corrected chi connectivity index (χ1v) is 5.54. The molecule has 0 radical (unpaired) electrons. The number of nitrogens with two attached hydrogens (primary N) is 2. The molecule has 1 aromatic rings. The first kappa shape index (κ1) is 14.7. The number of aliphatic carboxylic acids is 1. The van der Waals surface area contributed by atoms with Crippen molar-refractivity contribution in [3.63, 3.8) is 0 Å². The van der Waals surface area contributed by atoms with Crippen LogP contribution in [0.15, 0.2) is 30.3 Å². The van der Waals surface area contributed by atoms with Crippen molar-refractivity contribution in [3.8, 4) is 0 Å². The summed E-state index contributed by atoms with van der Waals surface area (Å²) >= 11 is 0. The van der Waals surface area contributed by atoms with Crippen LogP contribution in [0, 0.1) is 0 Å². The summed E-state index contributed by atoms with van der Waals surface area (Å²) in [6, 6.07) is 6.10. The van der Waals surface area contributed by atoms with Crippen LogP contribution in [0.25, 0.3) is 0 Å². The van der Waals surface area contributed by atoms with Gasteiger partial charge in [-0.15, -0.1) is 0 Å². The number of nitrogens with one attached hydrogen (secondary N) is 1. The standard InChI is InChI=1S/C12H15N3O4/c13-9(16)6-8(12(18)19)15-11(17)10(14)7-4-2-1-3-5-7/h1-5,8,10H,6,14H2,(H2,13,16)(H,15,17)(H,18,19)/t8?,10-/m1/s1. The second kappa shape index (κ2) is 6.50. The third kappa shape index (κ3) is 4.40. The smallest absolute Gasteiger partial charge is 0.326 e. The Morgan fingerprint density at radius 3 is 2.26 bits per heavy atom. The van der Waals surface area contributed by atoms with E-state index in [1.165, 1.54) is 0 Å². The number of hydrogen-bond acceptors (Lipinski definition) is 4. The first-order chi connectivity index (χ1) is 8.91. The molecule has 1 rings (SSSR count). The highest BCUT2D eigenvalue weighted by Gasteiger charge is 2.25. The number of carboxylic acids is 1. The zero-order valence-corrected chi connectivity index (χ0v) is 10.1. The molecule has 102 valence electrons. The summed E-state index contributed by atoms with van der Waals surface area (Å²) in [6.45, 7) is 0. The Labute approximate surface area is 109 Å². The fraction of sp³-hybridized carbons (Fsp3) is 0.250. The minimum absolute atomic E-state index is 0.484. The summed E-state index contributed by atoms with van der Waals surface area (Å²) < 4.78 is 0. The van der Waals surface area contributed by atoms with Gasteiger partial charge in [-0.2, -0.15) is 0 Å². The zero-order chi connectivity index (χ0) is 14.4. The van der Waals surface area contributed by atoms with Crippen molar-refractivity contribution in [1.82, 2.24) is 5.32 Å². The van der Waals surface area contributed by atoms with Crippen LogP contribution in [0.3, 0.4) is 0 Å². The van der Waals surface area contributed by atoms with Crippen LogP contribution in [0.1, 0.15) is 18.0 Å². The Bertz CT molecular complexity index is 475. The highest BCUT2D eigenvalue weighted by Crippen LogP contribution is 2.09. The second-order valence-electron chi connectivity index (χ2n) is 3.96. The van der Waals surface area contributed by atoms with E-state index in [0.717, 1.165) is 0 Å². The fourth-order valence-corrected chi connectivity index (χ4v) is 1.47. The van der Waals surface area contributed by atoms with Crippen LogP contribution < -0.4 is 16.8 Å². The maximum absolute atomic E-state index is 11.8. The van der Waals surface area contributed by atoms with E-state index in [9.17, 15) is 14.4 Å². The van der Waals surface area contributed by atoms with E-state index in [0.29, 0.717) is 5.56 Å². The van der Waals surface area contributed by atoms with Gasteiger partial charge in [0, 0.05) is 0 Å². The monoisotopic (exact) mass is 265 g/mol. The normalized spacial score (nSPS) is 13.3. The summed E-state index contributed by atoms with van der Waals surface area (Å²) in [5, 5.41) is 11.0. The van der Waals surface area contributed by atoms with Gasteiger partial charge in [-0.1, -0.05) is 30.3 Å². The first-order valence-electron chi connectivity index (χ1n) is 5.54. The average molecular weight is 265 g/mol. The molecule has 0 spiro atoms. The van der Waals surface area contributed by atoms with Gasteiger partial charge in [-0.05, 0) is 5.56 Å². The Kier molecular flexibility index (Phi) is 5.01. The van der Waals surface area contributed by atoms with Crippen molar-refractivity contribution in [2.75, 3.05) is 0 Å². The predicted molar refractivity (Wildman–Crippen MR) is 66.7 cm³/mol. The predicted octanol–water partition coefficient (Wildman–Crippen LogP) is -0.869. The second-order valence-corrected chi connectivity index (χ2v) is 3.96. The Morgan fingerprint density at radius 2 is 1.79 bits per heavy atom. The highest BCUT2D eigenvalue weighted by molar-refractivity contribution is 5.90. The molecule has 0 fully saturated rings. The van der Waals surface area contributed by atoms with Gasteiger partial charge in [-0.25, -0.2) is 4.79 Å². The molecule has 0 aliphatic rings. The Morgan fingerprint density at radius 1 is 1.21 bits per heavy atom.